The Morgan fingerprint density at radius 1 is 1.32 bits per heavy atom. The van der Waals surface area contributed by atoms with Gasteiger partial charge in [0.25, 0.3) is 0 Å². The van der Waals surface area contributed by atoms with Crippen LogP contribution in [0.1, 0.15) is 44.6 Å². The molecule has 1 fully saturated rings. The van der Waals surface area contributed by atoms with Gasteiger partial charge in [0.2, 0.25) is 0 Å². The lowest BCUT2D eigenvalue weighted by Gasteiger charge is -2.38. The average Bonchev–Trinajstić information content (AvgIpc) is 2.37. The summed E-state index contributed by atoms with van der Waals surface area (Å²) in [4.78, 5) is 0. The molecule has 0 aromatic heterocycles. The summed E-state index contributed by atoms with van der Waals surface area (Å²) in [6, 6.07) is 8.91. The van der Waals surface area contributed by atoms with Gasteiger partial charge in [-0.15, -0.1) is 0 Å². The van der Waals surface area contributed by atoms with Crippen molar-refractivity contribution in [2.24, 2.45) is 0 Å². The molecule has 1 aromatic rings. The minimum absolute atomic E-state index is 0.546. The zero-order valence-electron chi connectivity index (χ0n) is 12.1. The monoisotopic (exact) mass is 263 g/mol. The second kappa shape index (κ2) is 5.93. The largest absolute Gasteiger partial charge is 0.497 e. The van der Waals surface area contributed by atoms with E-state index < -0.39 is 5.60 Å². The molecular weight excluding hydrogens is 238 g/mol. The van der Waals surface area contributed by atoms with Crippen LogP contribution in [0.4, 0.5) is 0 Å². The topological polar surface area (TPSA) is 41.5 Å². The van der Waals surface area contributed by atoms with Gasteiger partial charge >= 0.3 is 0 Å². The maximum Gasteiger partial charge on any atom is 0.118 e. The molecule has 1 aliphatic rings. The fraction of sp³-hybridized carbons (Fsp3) is 0.625. The zero-order valence-corrected chi connectivity index (χ0v) is 12.1. The third kappa shape index (κ3) is 3.71. The second-order valence-electron chi connectivity index (χ2n) is 5.87. The zero-order chi connectivity index (χ0) is 13.9. The van der Waals surface area contributed by atoms with E-state index in [1.54, 1.807) is 7.11 Å². The van der Waals surface area contributed by atoms with Gasteiger partial charge in [0.1, 0.15) is 5.75 Å². The quantitative estimate of drug-likeness (QED) is 0.829. The summed E-state index contributed by atoms with van der Waals surface area (Å²) >= 11 is 0. The van der Waals surface area contributed by atoms with Gasteiger partial charge in [-0.2, -0.15) is 0 Å². The molecule has 0 amide bonds. The van der Waals surface area contributed by atoms with Crippen LogP contribution in [0.5, 0.6) is 5.75 Å². The van der Waals surface area contributed by atoms with Gasteiger partial charge in [0.05, 0.1) is 12.7 Å². The van der Waals surface area contributed by atoms with E-state index >= 15 is 0 Å². The second-order valence-corrected chi connectivity index (χ2v) is 5.87. The first kappa shape index (κ1) is 14.4. The Morgan fingerprint density at radius 3 is 2.47 bits per heavy atom. The lowest BCUT2D eigenvalue weighted by molar-refractivity contribution is 0.0482. The average molecular weight is 263 g/mol. The van der Waals surface area contributed by atoms with Crippen molar-refractivity contribution < 1.29 is 9.84 Å². The predicted molar refractivity (Wildman–Crippen MR) is 77.7 cm³/mol. The molecule has 1 aromatic carbocycles. The maximum absolute atomic E-state index is 9.96. The molecular formula is C16H25NO2. The van der Waals surface area contributed by atoms with E-state index in [1.165, 1.54) is 5.56 Å². The minimum Gasteiger partial charge on any atom is -0.497 e. The molecule has 0 radical (unpaired) electrons. The highest BCUT2D eigenvalue weighted by molar-refractivity contribution is 5.30. The van der Waals surface area contributed by atoms with Gasteiger partial charge < -0.3 is 15.2 Å². The molecule has 3 nitrogen and oxygen atoms in total. The van der Waals surface area contributed by atoms with Crippen molar-refractivity contribution in [1.29, 1.82) is 0 Å². The Kier molecular flexibility index (Phi) is 4.48. The lowest BCUT2D eigenvalue weighted by Crippen LogP contribution is -2.47. The summed E-state index contributed by atoms with van der Waals surface area (Å²) < 4.78 is 5.17. The highest BCUT2D eigenvalue weighted by atomic mass is 16.5. The molecule has 2 N–H and O–H groups in total. The Balaban J connectivity index is 1.76. The molecule has 1 aliphatic carbocycles. The van der Waals surface area contributed by atoms with Crippen molar-refractivity contribution in [3.8, 4) is 5.75 Å². The Hall–Kier alpha value is -1.06. The maximum atomic E-state index is 9.96. The first-order valence-electron chi connectivity index (χ1n) is 7.14. The highest BCUT2D eigenvalue weighted by Crippen LogP contribution is 2.37. The van der Waals surface area contributed by atoms with Gasteiger partial charge in [-0.3, -0.25) is 0 Å². The van der Waals surface area contributed by atoms with Crippen molar-refractivity contribution >= 4 is 0 Å². The Morgan fingerprint density at radius 2 is 1.95 bits per heavy atom. The van der Waals surface area contributed by atoms with Crippen molar-refractivity contribution in [1.82, 2.24) is 5.32 Å². The van der Waals surface area contributed by atoms with Crippen molar-refractivity contribution in [3.63, 3.8) is 0 Å². The molecule has 3 heteroatoms. The normalized spacial score (nSPS) is 25.5. The molecule has 0 bridgehead atoms. The van der Waals surface area contributed by atoms with Crippen LogP contribution in [0.25, 0.3) is 0 Å². The number of benzene rings is 1. The van der Waals surface area contributed by atoms with E-state index in [1.807, 2.05) is 26.0 Å². The minimum atomic E-state index is -0.578. The molecule has 0 aliphatic heterocycles. The number of rotatable bonds is 6. The molecule has 19 heavy (non-hydrogen) atoms. The van der Waals surface area contributed by atoms with E-state index in [0.717, 1.165) is 25.0 Å². The molecule has 0 saturated heterocycles. The number of hydrogen-bond donors (Lipinski definition) is 2. The number of hydrogen-bond acceptors (Lipinski definition) is 3. The number of aliphatic hydroxyl groups is 1. The third-order valence-corrected chi connectivity index (χ3v) is 4.26. The summed E-state index contributed by atoms with van der Waals surface area (Å²) in [6.07, 6.45) is 3.10. The van der Waals surface area contributed by atoms with Crippen LogP contribution in [0.3, 0.4) is 0 Å². The Bertz CT molecular complexity index is 394. The van der Waals surface area contributed by atoms with E-state index in [2.05, 4.69) is 17.4 Å². The van der Waals surface area contributed by atoms with Crippen molar-refractivity contribution in [2.45, 2.75) is 50.7 Å². The van der Waals surface area contributed by atoms with Gasteiger partial charge in [-0.05, 0) is 49.8 Å². The fourth-order valence-corrected chi connectivity index (χ4v) is 2.42. The van der Waals surface area contributed by atoms with Gasteiger partial charge in [-0.1, -0.05) is 19.1 Å². The molecule has 2 rings (SSSR count). The molecule has 106 valence electrons. The van der Waals surface area contributed by atoms with Crippen LogP contribution in [-0.4, -0.2) is 30.4 Å². The summed E-state index contributed by atoms with van der Waals surface area (Å²) in [5.41, 5.74) is 0.812. The predicted octanol–water partition coefficient (Wildman–Crippen LogP) is 2.69. The van der Waals surface area contributed by atoms with Crippen LogP contribution in [0.15, 0.2) is 24.3 Å². The first-order chi connectivity index (χ1) is 9.04. The number of nitrogens with one attached hydrogen (secondary N) is 1. The van der Waals surface area contributed by atoms with Crippen LogP contribution in [0, 0.1) is 0 Å². The molecule has 0 spiro atoms. The summed E-state index contributed by atoms with van der Waals surface area (Å²) in [5, 5.41) is 13.4. The summed E-state index contributed by atoms with van der Waals surface area (Å²) in [7, 11) is 1.69. The smallest absolute Gasteiger partial charge is 0.118 e. The van der Waals surface area contributed by atoms with Gasteiger partial charge in [0, 0.05) is 12.6 Å². The van der Waals surface area contributed by atoms with Crippen LogP contribution in [0.2, 0.25) is 0 Å². The first-order valence-corrected chi connectivity index (χ1v) is 7.14. The van der Waals surface area contributed by atoms with Gasteiger partial charge in [-0.25, -0.2) is 0 Å². The van der Waals surface area contributed by atoms with Gasteiger partial charge in [0.15, 0.2) is 0 Å². The number of methoxy groups -OCH3 is 1. The molecule has 1 saturated carbocycles. The third-order valence-electron chi connectivity index (χ3n) is 4.26. The van der Waals surface area contributed by atoms with E-state index in [0.29, 0.717) is 18.5 Å². The van der Waals surface area contributed by atoms with Crippen LogP contribution in [-0.2, 0) is 0 Å². The van der Waals surface area contributed by atoms with Crippen LogP contribution < -0.4 is 10.1 Å². The fourth-order valence-electron chi connectivity index (χ4n) is 2.42. The SMILES string of the molecule is CCC(C)(O)CNC1CC(c2ccc(OC)cc2)C1. The molecule has 0 heterocycles. The number of ether oxygens (including phenoxy) is 1. The van der Waals surface area contributed by atoms with Crippen molar-refractivity contribution in [3.05, 3.63) is 29.8 Å². The van der Waals surface area contributed by atoms with Crippen molar-refractivity contribution in [2.75, 3.05) is 13.7 Å². The molecule has 1 unspecified atom stereocenters. The van der Waals surface area contributed by atoms with E-state index in [4.69, 9.17) is 4.74 Å². The molecule has 1 atom stereocenters. The summed E-state index contributed by atoms with van der Waals surface area (Å²) in [5.74, 6) is 1.56. The standard InChI is InChI=1S/C16H25NO2/c1-4-16(2,18)11-17-14-9-13(10-14)12-5-7-15(19-3)8-6-12/h5-8,13-14,17-18H,4,9-11H2,1-3H3. The lowest BCUT2D eigenvalue weighted by atomic mass is 9.75. The Labute approximate surface area is 116 Å². The van der Waals surface area contributed by atoms with E-state index in [9.17, 15) is 5.11 Å². The highest BCUT2D eigenvalue weighted by Gasteiger charge is 2.31. The van der Waals surface area contributed by atoms with E-state index in [-0.39, 0.29) is 0 Å². The van der Waals surface area contributed by atoms with Crippen LogP contribution >= 0.6 is 0 Å². The summed E-state index contributed by atoms with van der Waals surface area (Å²) in [6.45, 7) is 4.59.